The summed E-state index contributed by atoms with van der Waals surface area (Å²) < 4.78 is 0. The number of anilines is 1. The molecule has 0 aliphatic carbocycles. The molecule has 128 valence electrons. The van der Waals surface area contributed by atoms with Gasteiger partial charge >= 0.3 is 0 Å². The second-order valence-corrected chi connectivity index (χ2v) is 6.34. The molecule has 0 saturated heterocycles. The zero-order valence-electron chi connectivity index (χ0n) is 14.6. The summed E-state index contributed by atoms with van der Waals surface area (Å²) in [6.07, 6.45) is 0. The molecule has 25 heavy (non-hydrogen) atoms. The number of nitrogens with one attached hydrogen (secondary N) is 1. The molecular formula is C19H21N5O. The minimum absolute atomic E-state index is 0.0189. The third-order valence-electron chi connectivity index (χ3n) is 3.88. The van der Waals surface area contributed by atoms with Crippen LogP contribution < -0.4 is 5.32 Å². The summed E-state index contributed by atoms with van der Waals surface area (Å²) in [4.78, 5) is 13.4. The third-order valence-corrected chi connectivity index (χ3v) is 3.88. The van der Waals surface area contributed by atoms with Gasteiger partial charge in [0.2, 0.25) is 11.7 Å². The van der Waals surface area contributed by atoms with Crippen molar-refractivity contribution in [3.63, 3.8) is 0 Å². The van der Waals surface area contributed by atoms with Crippen LogP contribution in [0.4, 0.5) is 5.69 Å². The Morgan fingerprint density at radius 3 is 2.60 bits per heavy atom. The van der Waals surface area contributed by atoms with Crippen molar-refractivity contribution >= 4 is 11.6 Å². The fraction of sp³-hybridized carbons (Fsp3) is 0.263. The first-order valence-corrected chi connectivity index (χ1v) is 8.26. The topological polar surface area (TPSA) is 72.7 Å². The van der Waals surface area contributed by atoms with Gasteiger partial charge < -0.3 is 5.32 Å². The second kappa shape index (κ2) is 7.25. The Hall–Kier alpha value is -3.02. The number of amides is 1. The molecule has 0 spiro atoms. The maximum atomic E-state index is 12.1. The van der Waals surface area contributed by atoms with Gasteiger partial charge in [-0.3, -0.25) is 4.79 Å². The Morgan fingerprint density at radius 2 is 1.92 bits per heavy atom. The number of carbonyl (C=O) groups is 1. The number of hydrogen-bond donors (Lipinski definition) is 1. The molecule has 0 radical (unpaired) electrons. The van der Waals surface area contributed by atoms with E-state index in [1.807, 2.05) is 43.3 Å². The monoisotopic (exact) mass is 335 g/mol. The molecule has 0 unspecified atom stereocenters. The van der Waals surface area contributed by atoms with E-state index in [0.29, 0.717) is 11.7 Å². The van der Waals surface area contributed by atoms with E-state index < -0.39 is 0 Å². The lowest BCUT2D eigenvalue weighted by Crippen LogP contribution is -2.20. The van der Waals surface area contributed by atoms with Crippen molar-refractivity contribution in [3.8, 4) is 11.4 Å². The van der Waals surface area contributed by atoms with Gasteiger partial charge in [-0.25, -0.2) is 0 Å². The minimum Gasteiger partial charge on any atom is -0.324 e. The first-order chi connectivity index (χ1) is 12.0. The molecule has 0 aliphatic rings. The molecule has 1 N–H and O–H groups in total. The summed E-state index contributed by atoms with van der Waals surface area (Å²) in [5.41, 5.74) is 3.99. The highest BCUT2D eigenvalue weighted by Gasteiger charge is 2.10. The van der Waals surface area contributed by atoms with Crippen LogP contribution in [0.25, 0.3) is 11.4 Å². The lowest BCUT2D eigenvalue weighted by molar-refractivity contribution is -0.117. The van der Waals surface area contributed by atoms with Gasteiger partial charge in [-0.2, -0.15) is 4.80 Å². The Kier molecular flexibility index (Phi) is 4.88. The molecule has 1 heterocycles. The fourth-order valence-corrected chi connectivity index (χ4v) is 2.49. The Balaban J connectivity index is 1.66. The number of aromatic nitrogens is 4. The fourth-order valence-electron chi connectivity index (χ4n) is 2.49. The lowest BCUT2D eigenvalue weighted by Gasteiger charge is -2.05. The van der Waals surface area contributed by atoms with Gasteiger partial charge in [0.25, 0.3) is 0 Å². The average molecular weight is 335 g/mol. The Morgan fingerprint density at radius 1 is 1.16 bits per heavy atom. The summed E-state index contributed by atoms with van der Waals surface area (Å²) in [6.45, 7) is 6.29. The minimum atomic E-state index is -0.190. The van der Waals surface area contributed by atoms with Crippen molar-refractivity contribution in [1.82, 2.24) is 20.2 Å². The summed E-state index contributed by atoms with van der Waals surface area (Å²) in [5.74, 6) is 0.798. The summed E-state index contributed by atoms with van der Waals surface area (Å²) in [5, 5.41) is 15.1. The number of hydrogen-bond acceptors (Lipinski definition) is 4. The smallest absolute Gasteiger partial charge is 0.248 e. The molecule has 0 saturated carbocycles. The first kappa shape index (κ1) is 16.8. The quantitative estimate of drug-likeness (QED) is 0.775. The maximum Gasteiger partial charge on any atom is 0.248 e. The van der Waals surface area contributed by atoms with E-state index in [4.69, 9.17) is 0 Å². The van der Waals surface area contributed by atoms with Gasteiger partial charge in [-0.05, 0) is 41.3 Å². The molecule has 1 amide bonds. The highest BCUT2D eigenvalue weighted by atomic mass is 16.2. The van der Waals surface area contributed by atoms with Gasteiger partial charge in [-0.15, -0.1) is 10.2 Å². The number of nitrogens with zero attached hydrogens (tertiary/aromatic N) is 4. The van der Waals surface area contributed by atoms with Crippen LogP contribution in [0, 0.1) is 6.92 Å². The zero-order valence-corrected chi connectivity index (χ0v) is 14.6. The van der Waals surface area contributed by atoms with E-state index in [0.717, 1.165) is 16.8 Å². The number of aryl methyl sites for hydroxylation is 1. The van der Waals surface area contributed by atoms with Gasteiger partial charge in [0, 0.05) is 11.3 Å². The van der Waals surface area contributed by atoms with Crippen LogP contribution >= 0.6 is 0 Å². The predicted octanol–water partition coefficient (Wildman–Crippen LogP) is 3.41. The summed E-state index contributed by atoms with van der Waals surface area (Å²) in [7, 11) is 0. The molecule has 0 fully saturated rings. The first-order valence-electron chi connectivity index (χ1n) is 8.26. The van der Waals surface area contributed by atoms with Crippen LogP contribution in [0.15, 0.2) is 48.5 Å². The van der Waals surface area contributed by atoms with E-state index >= 15 is 0 Å². The molecule has 1 aromatic heterocycles. The van der Waals surface area contributed by atoms with E-state index in [-0.39, 0.29) is 12.5 Å². The standard InChI is InChI=1S/C19H21N5O/c1-13(2)15-7-9-16(10-8-15)19-21-23-24(22-19)12-18(25)20-17-6-4-5-14(3)11-17/h4-11,13H,12H2,1-3H3,(H,20,25). The van der Waals surface area contributed by atoms with Crippen LogP contribution in [0.2, 0.25) is 0 Å². The van der Waals surface area contributed by atoms with E-state index in [2.05, 4.69) is 46.7 Å². The van der Waals surface area contributed by atoms with E-state index in [1.165, 1.54) is 10.4 Å². The van der Waals surface area contributed by atoms with Gasteiger partial charge in [0.15, 0.2) is 0 Å². The average Bonchev–Trinajstić information content (AvgIpc) is 3.03. The van der Waals surface area contributed by atoms with Crippen molar-refractivity contribution in [2.75, 3.05) is 5.32 Å². The molecule has 3 rings (SSSR count). The highest BCUT2D eigenvalue weighted by Crippen LogP contribution is 2.19. The van der Waals surface area contributed by atoms with E-state index in [9.17, 15) is 4.79 Å². The molecular weight excluding hydrogens is 314 g/mol. The molecule has 3 aromatic rings. The van der Waals surface area contributed by atoms with Crippen molar-refractivity contribution in [1.29, 1.82) is 0 Å². The Bertz CT molecular complexity index is 868. The summed E-state index contributed by atoms with van der Waals surface area (Å²) >= 11 is 0. The number of benzene rings is 2. The highest BCUT2D eigenvalue weighted by molar-refractivity contribution is 5.90. The largest absolute Gasteiger partial charge is 0.324 e. The molecule has 0 bridgehead atoms. The van der Waals surface area contributed by atoms with Gasteiger partial charge in [0.1, 0.15) is 6.54 Å². The van der Waals surface area contributed by atoms with Gasteiger partial charge in [-0.1, -0.05) is 50.2 Å². The third kappa shape index (κ3) is 4.29. The van der Waals surface area contributed by atoms with Crippen molar-refractivity contribution < 1.29 is 4.79 Å². The number of rotatable bonds is 5. The summed E-state index contributed by atoms with van der Waals surface area (Å²) in [6, 6.07) is 15.7. The van der Waals surface area contributed by atoms with Crippen LogP contribution in [-0.2, 0) is 11.3 Å². The van der Waals surface area contributed by atoms with E-state index in [1.54, 1.807) is 0 Å². The second-order valence-electron chi connectivity index (χ2n) is 6.34. The number of tetrazole rings is 1. The van der Waals surface area contributed by atoms with Crippen LogP contribution in [0.1, 0.15) is 30.9 Å². The molecule has 6 nitrogen and oxygen atoms in total. The maximum absolute atomic E-state index is 12.1. The zero-order chi connectivity index (χ0) is 17.8. The molecule has 2 aromatic carbocycles. The van der Waals surface area contributed by atoms with Crippen molar-refractivity contribution in [2.45, 2.75) is 33.2 Å². The number of carbonyl (C=O) groups excluding carboxylic acids is 1. The SMILES string of the molecule is Cc1cccc(NC(=O)Cn2nnc(-c3ccc(C(C)C)cc3)n2)c1. The van der Waals surface area contributed by atoms with Crippen LogP contribution in [0.3, 0.4) is 0 Å². The Labute approximate surface area is 146 Å². The van der Waals surface area contributed by atoms with Crippen molar-refractivity contribution in [2.24, 2.45) is 0 Å². The normalized spacial score (nSPS) is 10.9. The van der Waals surface area contributed by atoms with Crippen LogP contribution in [-0.4, -0.2) is 26.1 Å². The van der Waals surface area contributed by atoms with Crippen molar-refractivity contribution in [3.05, 3.63) is 59.7 Å². The molecule has 0 atom stereocenters. The van der Waals surface area contributed by atoms with Crippen LogP contribution in [0.5, 0.6) is 0 Å². The predicted molar refractivity (Wildman–Crippen MR) is 97.2 cm³/mol. The van der Waals surface area contributed by atoms with Gasteiger partial charge in [0.05, 0.1) is 0 Å². The molecule has 6 heteroatoms. The lowest BCUT2D eigenvalue weighted by atomic mass is 10.0. The molecule has 0 aliphatic heterocycles.